The molecule has 1 fully saturated rings. The molecule has 6 nitrogen and oxygen atoms in total. The number of Topliss-reactive ketones (excluding diaryl/α,β-unsaturated/α-hetero) is 1. The quantitative estimate of drug-likeness (QED) is 0.815. The second-order valence-corrected chi connectivity index (χ2v) is 6.97. The van der Waals surface area contributed by atoms with Crippen LogP contribution in [0, 0.1) is 17.2 Å². The van der Waals surface area contributed by atoms with Gasteiger partial charge in [0.05, 0.1) is 22.6 Å². The Hall–Kier alpha value is -2.91. The van der Waals surface area contributed by atoms with E-state index in [2.05, 4.69) is 16.4 Å². The minimum Gasteiger partial charge on any atom is -0.370 e. The maximum Gasteiger partial charge on any atom is 0.230 e. The highest BCUT2D eigenvalue weighted by Gasteiger charge is 2.28. The van der Waals surface area contributed by atoms with Crippen molar-refractivity contribution in [1.82, 2.24) is 4.98 Å². The van der Waals surface area contributed by atoms with Crippen LogP contribution in [0.3, 0.4) is 0 Å². The molecule has 27 heavy (non-hydrogen) atoms. The van der Waals surface area contributed by atoms with Gasteiger partial charge in [0.2, 0.25) is 5.91 Å². The number of pyridine rings is 1. The summed E-state index contributed by atoms with van der Waals surface area (Å²) < 4.78 is 0. The molecule has 1 N–H and O–H groups in total. The van der Waals surface area contributed by atoms with Gasteiger partial charge in [-0.2, -0.15) is 5.26 Å². The summed E-state index contributed by atoms with van der Waals surface area (Å²) in [7, 11) is 0. The van der Waals surface area contributed by atoms with Gasteiger partial charge >= 0.3 is 0 Å². The van der Waals surface area contributed by atoms with Crippen LogP contribution in [0.4, 0.5) is 11.5 Å². The zero-order valence-corrected chi connectivity index (χ0v) is 15.7. The molecule has 0 aliphatic carbocycles. The second kappa shape index (κ2) is 8.19. The number of aromatic nitrogens is 1. The van der Waals surface area contributed by atoms with Gasteiger partial charge in [-0.25, -0.2) is 4.98 Å². The van der Waals surface area contributed by atoms with Crippen LogP contribution in [0.25, 0.3) is 0 Å². The van der Waals surface area contributed by atoms with Gasteiger partial charge in [-0.05, 0) is 50.1 Å². The normalized spacial score (nSPS) is 16.5. The molecule has 1 unspecified atom stereocenters. The van der Waals surface area contributed by atoms with Gasteiger partial charge in [0, 0.05) is 30.5 Å². The van der Waals surface area contributed by atoms with E-state index in [1.807, 2.05) is 4.90 Å². The van der Waals surface area contributed by atoms with Crippen molar-refractivity contribution in [3.8, 4) is 6.07 Å². The molecule has 1 aromatic carbocycles. The Morgan fingerprint density at radius 3 is 2.81 bits per heavy atom. The zero-order valence-electron chi connectivity index (χ0n) is 14.9. The average Bonchev–Trinajstić information content (AvgIpc) is 2.69. The molecule has 1 atom stereocenters. The van der Waals surface area contributed by atoms with E-state index in [9.17, 15) is 14.9 Å². The van der Waals surface area contributed by atoms with Crippen molar-refractivity contribution in [2.75, 3.05) is 23.3 Å². The van der Waals surface area contributed by atoms with Crippen molar-refractivity contribution >= 4 is 34.8 Å². The molecule has 0 bridgehead atoms. The first-order valence-electron chi connectivity index (χ1n) is 8.70. The number of hydrogen-bond donors (Lipinski definition) is 1. The van der Waals surface area contributed by atoms with Crippen LogP contribution in [-0.2, 0) is 4.79 Å². The Bertz CT molecular complexity index is 905. The second-order valence-electron chi connectivity index (χ2n) is 6.54. The molecule has 7 heteroatoms. The number of carbonyl (C=O) groups is 2. The predicted octanol–water partition coefficient (Wildman–Crippen LogP) is 3.66. The maximum absolute atomic E-state index is 12.6. The minimum absolute atomic E-state index is 0.0635. The molecule has 1 aliphatic rings. The molecule has 0 spiro atoms. The van der Waals surface area contributed by atoms with Crippen LogP contribution in [-0.4, -0.2) is 29.8 Å². The van der Waals surface area contributed by atoms with E-state index >= 15 is 0 Å². The lowest BCUT2D eigenvalue weighted by Crippen LogP contribution is -2.41. The Labute approximate surface area is 162 Å². The van der Waals surface area contributed by atoms with Gasteiger partial charge in [-0.1, -0.05) is 11.6 Å². The number of hydrogen-bond acceptors (Lipinski definition) is 5. The van der Waals surface area contributed by atoms with Crippen LogP contribution < -0.4 is 10.2 Å². The fourth-order valence-electron chi connectivity index (χ4n) is 3.25. The molecule has 1 aliphatic heterocycles. The topological polar surface area (TPSA) is 86.1 Å². The van der Waals surface area contributed by atoms with Gasteiger partial charge in [-0.15, -0.1) is 0 Å². The number of halogens is 1. The van der Waals surface area contributed by atoms with E-state index < -0.39 is 0 Å². The Morgan fingerprint density at radius 2 is 2.15 bits per heavy atom. The van der Waals surface area contributed by atoms with Gasteiger partial charge in [0.15, 0.2) is 5.78 Å². The molecular formula is C20H19ClN4O2. The first-order chi connectivity index (χ1) is 13.0. The molecule has 1 aromatic heterocycles. The van der Waals surface area contributed by atoms with Crippen molar-refractivity contribution in [1.29, 1.82) is 5.26 Å². The average molecular weight is 383 g/mol. The first-order valence-corrected chi connectivity index (χ1v) is 9.08. The molecular weight excluding hydrogens is 364 g/mol. The molecule has 0 saturated carbocycles. The van der Waals surface area contributed by atoms with Gasteiger partial charge in [0.25, 0.3) is 0 Å². The lowest BCUT2D eigenvalue weighted by molar-refractivity contribution is -0.120. The summed E-state index contributed by atoms with van der Waals surface area (Å²) in [6, 6.07) is 10.5. The van der Waals surface area contributed by atoms with Crippen LogP contribution in [0.15, 0.2) is 36.5 Å². The summed E-state index contributed by atoms with van der Waals surface area (Å²) in [5.41, 5.74) is 1.77. The first kappa shape index (κ1) is 18.9. The Kier molecular flexibility index (Phi) is 5.72. The number of piperidine rings is 1. The fourth-order valence-corrected chi connectivity index (χ4v) is 3.36. The molecule has 1 amide bonds. The van der Waals surface area contributed by atoms with E-state index in [1.54, 1.807) is 30.3 Å². The number of anilines is 2. The number of carbonyl (C=O) groups excluding carboxylic acids is 2. The van der Waals surface area contributed by atoms with Crippen LogP contribution >= 0.6 is 11.6 Å². The third kappa shape index (κ3) is 4.44. The number of rotatable bonds is 4. The third-order valence-corrected chi connectivity index (χ3v) is 4.84. The summed E-state index contributed by atoms with van der Waals surface area (Å²) in [4.78, 5) is 30.7. The predicted molar refractivity (Wildman–Crippen MR) is 104 cm³/mol. The minimum atomic E-state index is -0.234. The zero-order chi connectivity index (χ0) is 19.4. The van der Waals surface area contributed by atoms with Crippen molar-refractivity contribution in [3.63, 3.8) is 0 Å². The van der Waals surface area contributed by atoms with Crippen molar-refractivity contribution in [2.45, 2.75) is 19.8 Å². The largest absolute Gasteiger partial charge is 0.370 e. The number of benzene rings is 1. The van der Waals surface area contributed by atoms with E-state index in [0.29, 0.717) is 34.2 Å². The lowest BCUT2D eigenvalue weighted by Gasteiger charge is -2.34. The SMILES string of the molecule is CC(=O)c1ccc(C#N)cc1N1CCCC(C(=O)Nc2ccc(Cl)cn2)C1. The highest BCUT2D eigenvalue weighted by atomic mass is 35.5. The number of nitrogens with zero attached hydrogens (tertiary/aromatic N) is 3. The molecule has 0 radical (unpaired) electrons. The standard InChI is InChI=1S/C20H19ClN4O2/c1-13(26)17-6-4-14(10-22)9-18(17)25-8-2-3-15(12-25)20(27)24-19-7-5-16(21)11-23-19/h4-7,9,11,15H,2-3,8,12H2,1H3,(H,23,24,27). The van der Waals surface area contributed by atoms with Gasteiger partial charge in [0.1, 0.15) is 5.82 Å². The summed E-state index contributed by atoms with van der Waals surface area (Å²) in [5.74, 6) is 0.0426. The monoisotopic (exact) mass is 382 g/mol. The Balaban J connectivity index is 1.78. The van der Waals surface area contributed by atoms with Gasteiger partial charge in [-0.3, -0.25) is 9.59 Å². The Morgan fingerprint density at radius 1 is 1.33 bits per heavy atom. The summed E-state index contributed by atoms with van der Waals surface area (Å²) >= 11 is 5.82. The summed E-state index contributed by atoms with van der Waals surface area (Å²) in [6.07, 6.45) is 3.06. The smallest absolute Gasteiger partial charge is 0.230 e. The lowest BCUT2D eigenvalue weighted by atomic mass is 9.95. The van der Waals surface area contributed by atoms with E-state index in [0.717, 1.165) is 19.4 Å². The highest BCUT2D eigenvalue weighted by Crippen LogP contribution is 2.28. The number of nitrogens with one attached hydrogen (secondary N) is 1. The van der Waals surface area contributed by atoms with E-state index in [4.69, 9.17) is 11.6 Å². The maximum atomic E-state index is 12.6. The number of nitriles is 1. The highest BCUT2D eigenvalue weighted by molar-refractivity contribution is 6.30. The molecule has 2 heterocycles. The van der Waals surface area contributed by atoms with Gasteiger partial charge < -0.3 is 10.2 Å². The number of ketones is 1. The van der Waals surface area contributed by atoms with Crippen molar-refractivity contribution in [2.24, 2.45) is 5.92 Å². The van der Waals surface area contributed by atoms with Crippen LogP contribution in [0.5, 0.6) is 0 Å². The summed E-state index contributed by atoms with van der Waals surface area (Å²) in [6.45, 7) is 2.72. The third-order valence-electron chi connectivity index (χ3n) is 4.62. The fraction of sp³-hybridized carbons (Fsp3) is 0.300. The molecule has 138 valence electrons. The van der Waals surface area contributed by atoms with E-state index in [-0.39, 0.29) is 17.6 Å². The van der Waals surface area contributed by atoms with E-state index in [1.165, 1.54) is 13.1 Å². The van der Waals surface area contributed by atoms with Crippen molar-refractivity contribution in [3.05, 3.63) is 52.7 Å². The number of amides is 1. The molecule has 2 aromatic rings. The molecule has 3 rings (SSSR count). The summed E-state index contributed by atoms with van der Waals surface area (Å²) in [5, 5.41) is 12.5. The van der Waals surface area contributed by atoms with Crippen LogP contribution in [0.2, 0.25) is 5.02 Å². The molecule has 1 saturated heterocycles. The van der Waals surface area contributed by atoms with Crippen molar-refractivity contribution < 1.29 is 9.59 Å². The van der Waals surface area contributed by atoms with Crippen LogP contribution in [0.1, 0.15) is 35.7 Å².